The van der Waals surface area contributed by atoms with Crippen LogP contribution in [0.1, 0.15) is 30.3 Å². The molecule has 3 heterocycles. The molecule has 1 saturated carbocycles. The van der Waals surface area contributed by atoms with E-state index in [2.05, 4.69) is 32.3 Å². The molecular weight excluding hydrogens is 312 g/mol. The Morgan fingerprint density at radius 3 is 2.68 bits per heavy atom. The molecule has 1 aliphatic rings. The zero-order valence-electron chi connectivity index (χ0n) is 14.2. The monoisotopic (exact) mass is 330 g/mol. The fourth-order valence-corrected chi connectivity index (χ4v) is 3.19. The number of aromatic amines is 1. The molecule has 0 aliphatic heterocycles. The van der Waals surface area contributed by atoms with Gasteiger partial charge in [0.1, 0.15) is 16.9 Å². The molecule has 0 unspecified atom stereocenters. The van der Waals surface area contributed by atoms with E-state index in [1.165, 1.54) is 12.8 Å². The van der Waals surface area contributed by atoms with Crippen molar-refractivity contribution in [2.24, 2.45) is 7.05 Å². The number of pyridine rings is 1. The number of hydrogen-bond acceptors (Lipinski definition) is 4. The number of rotatable bonds is 3. The maximum absolute atomic E-state index is 4.91. The first-order chi connectivity index (χ1) is 12.2. The average Bonchev–Trinajstić information content (AvgIpc) is 3.23. The Hall–Kier alpha value is -3.02. The van der Waals surface area contributed by atoms with Crippen LogP contribution in [0.25, 0.3) is 33.7 Å². The van der Waals surface area contributed by atoms with Crippen molar-refractivity contribution in [2.45, 2.75) is 25.7 Å². The first-order valence-corrected chi connectivity index (χ1v) is 8.53. The van der Waals surface area contributed by atoms with Gasteiger partial charge in [-0.2, -0.15) is 15.0 Å². The summed E-state index contributed by atoms with van der Waals surface area (Å²) < 4.78 is 0. The molecule has 6 heteroatoms. The van der Waals surface area contributed by atoms with Crippen LogP contribution in [-0.4, -0.2) is 29.9 Å². The van der Waals surface area contributed by atoms with Crippen LogP contribution in [0.15, 0.2) is 36.4 Å². The molecule has 25 heavy (non-hydrogen) atoms. The second-order valence-corrected chi connectivity index (χ2v) is 6.68. The lowest BCUT2D eigenvalue weighted by molar-refractivity contribution is 0.665. The Balaban J connectivity index is 1.70. The van der Waals surface area contributed by atoms with Gasteiger partial charge in [0.2, 0.25) is 0 Å². The van der Waals surface area contributed by atoms with E-state index >= 15 is 0 Å². The van der Waals surface area contributed by atoms with E-state index < -0.39 is 0 Å². The summed E-state index contributed by atoms with van der Waals surface area (Å²) in [4.78, 5) is 14.7. The highest BCUT2D eigenvalue weighted by molar-refractivity contribution is 5.84. The predicted octanol–water partition coefficient (Wildman–Crippen LogP) is 3.61. The molecule has 1 N–H and O–H groups in total. The number of benzene rings is 1. The molecule has 1 fully saturated rings. The number of nitrogens with one attached hydrogen (secondary N) is 1. The van der Waals surface area contributed by atoms with E-state index in [1.807, 2.05) is 38.2 Å². The number of fused-ring (bicyclic) bond motifs is 1. The topological polar surface area (TPSA) is 72.3 Å². The van der Waals surface area contributed by atoms with Gasteiger partial charge in [0.05, 0.1) is 17.1 Å². The summed E-state index contributed by atoms with van der Waals surface area (Å²) in [6.07, 6.45) is 2.41. The van der Waals surface area contributed by atoms with Crippen LogP contribution in [0.4, 0.5) is 0 Å². The van der Waals surface area contributed by atoms with Crippen molar-refractivity contribution >= 4 is 11.0 Å². The van der Waals surface area contributed by atoms with Gasteiger partial charge in [0.15, 0.2) is 0 Å². The van der Waals surface area contributed by atoms with Crippen molar-refractivity contribution in [1.82, 2.24) is 29.9 Å². The minimum Gasteiger partial charge on any atom is -0.340 e. The van der Waals surface area contributed by atoms with E-state index in [9.17, 15) is 0 Å². The van der Waals surface area contributed by atoms with Crippen molar-refractivity contribution in [2.75, 3.05) is 0 Å². The first kappa shape index (κ1) is 14.3. The standard InChI is InChI=1S/C19H18N6/c1-11-4-3-5-15(20-11)18-17(21-19(22-18)12-6-7-12)13-8-9-14-16(10-13)24-25(2)23-14/h3-5,8-10,12H,6-7H2,1-2H3,(H,21,22). The fraction of sp³-hybridized carbons (Fsp3) is 0.263. The predicted molar refractivity (Wildman–Crippen MR) is 96.0 cm³/mol. The number of aromatic nitrogens is 6. The van der Waals surface area contributed by atoms with Crippen LogP contribution in [0, 0.1) is 6.92 Å². The first-order valence-electron chi connectivity index (χ1n) is 8.53. The molecule has 5 rings (SSSR count). The molecule has 0 radical (unpaired) electrons. The van der Waals surface area contributed by atoms with Crippen molar-refractivity contribution in [1.29, 1.82) is 0 Å². The third-order valence-electron chi connectivity index (χ3n) is 4.58. The molecule has 1 aromatic carbocycles. The van der Waals surface area contributed by atoms with E-state index in [0.29, 0.717) is 5.92 Å². The number of imidazole rings is 1. The van der Waals surface area contributed by atoms with Crippen LogP contribution in [0.3, 0.4) is 0 Å². The lowest BCUT2D eigenvalue weighted by Gasteiger charge is -2.03. The normalized spacial score (nSPS) is 14.3. The molecule has 6 nitrogen and oxygen atoms in total. The second-order valence-electron chi connectivity index (χ2n) is 6.68. The van der Waals surface area contributed by atoms with E-state index in [0.717, 1.165) is 45.2 Å². The zero-order chi connectivity index (χ0) is 17.0. The number of nitrogens with zero attached hydrogens (tertiary/aromatic N) is 5. The van der Waals surface area contributed by atoms with E-state index in [1.54, 1.807) is 4.80 Å². The Morgan fingerprint density at radius 1 is 1.04 bits per heavy atom. The molecule has 0 saturated heterocycles. The van der Waals surface area contributed by atoms with Gasteiger partial charge in [-0.3, -0.25) is 4.98 Å². The summed E-state index contributed by atoms with van der Waals surface area (Å²) in [7, 11) is 1.83. The van der Waals surface area contributed by atoms with Crippen molar-refractivity contribution in [3.05, 3.63) is 47.9 Å². The molecular formula is C19H18N6. The SMILES string of the molecule is Cc1cccc(-c2[nH]c(C3CC3)nc2-c2ccc3nn(C)nc3c2)n1. The molecule has 0 atom stereocenters. The van der Waals surface area contributed by atoms with Gasteiger partial charge >= 0.3 is 0 Å². The van der Waals surface area contributed by atoms with Gasteiger partial charge in [-0.1, -0.05) is 12.1 Å². The molecule has 0 spiro atoms. The van der Waals surface area contributed by atoms with Crippen molar-refractivity contribution in [3.8, 4) is 22.6 Å². The summed E-state index contributed by atoms with van der Waals surface area (Å²) in [5, 5.41) is 8.77. The minimum absolute atomic E-state index is 0.553. The maximum Gasteiger partial charge on any atom is 0.113 e. The van der Waals surface area contributed by atoms with Gasteiger partial charge < -0.3 is 4.98 Å². The Labute approximate surface area is 144 Å². The highest BCUT2D eigenvalue weighted by Crippen LogP contribution is 2.41. The highest BCUT2D eigenvalue weighted by atomic mass is 15.4. The van der Waals surface area contributed by atoms with Gasteiger partial charge in [0.25, 0.3) is 0 Å². The largest absolute Gasteiger partial charge is 0.340 e. The van der Waals surface area contributed by atoms with Crippen LogP contribution in [0.2, 0.25) is 0 Å². The summed E-state index contributed by atoms with van der Waals surface area (Å²) in [5.74, 6) is 1.62. The third-order valence-corrected chi connectivity index (χ3v) is 4.58. The second kappa shape index (κ2) is 5.24. The molecule has 124 valence electrons. The van der Waals surface area contributed by atoms with E-state index in [4.69, 9.17) is 4.98 Å². The Morgan fingerprint density at radius 2 is 1.88 bits per heavy atom. The van der Waals surface area contributed by atoms with E-state index in [-0.39, 0.29) is 0 Å². The average molecular weight is 330 g/mol. The highest BCUT2D eigenvalue weighted by Gasteiger charge is 2.29. The molecule has 0 amide bonds. The molecule has 4 aromatic rings. The zero-order valence-corrected chi connectivity index (χ0v) is 14.2. The van der Waals surface area contributed by atoms with Gasteiger partial charge in [-0.05, 0) is 44.0 Å². The molecule has 1 aliphatic carbocycles. The van der Waals surface area contributed by atoms with Crippen molar-refractivity contribution in [3.63, 3.8) is 0 Å². The summed E-state index contributed by atoms with van der Waals surface area (Å²) in [5.41, 5.74) is 6.64. The lowest BCUT2D eigenvalue weighted by Crippen LogP contribution is -1.90. The fourth-order valence-electron chi connectivity index (χ4n) is 3.19. The quantitative estimate of drug-likeness (QED) is 0.623. The van der Waals surface area contributed by atoms with Gasteiger partial charge in [-0.25, -0.2) is 4.98 Å². The number of aryl methyl sites for hydroxylation is 2. The lowest BCUT2D eigenvalue weighted by atomic mass is 10.1. The number of hydrogen-bond donors (Lipinski definition) is 1. The van der Waals surface area contributed by atoms with Crippen LogP contribution in [0.5, 0.6) is 0 Å². The van der Waals surface area contributed by atoms with Gasteiger partial charge in [-0.15, -0.1) is 0 Å². The summed E-state index contributed by atoms with van der Waals surface area (Å²) >= 11 is 0. The smallest absolute Gasteiger partial charge is 0.113 e. The van der Waals surface area contributed by atoms with Crippen LogP contribution < -0.4 is 0 Å². The minimum atomic E-state index is 0.553. The third kappa shape index (κ3) is 2.50. The van der Waals surface area contributed by atoms with Crippen molar-refractivity contribution < 1.29 is 0 Å². The Bertz CT molecular complexity index is 1090. The molecule has 0 bridgehead atoms. The van der Waals surface area contributed by atoms with Crippen LogP contribution in [-0.2, 0) is 7.05 Å². The van der Waals surface area contributed by atoms with Gasteiger partial charge in [0, 0.05) is 24.2 Å². The number of H-pyrrole nitrogens is 1. The molecule has 3 aromatic heterocycles. The maximum atomic E-state index is 4.91. The van der Waals surface area contributed by atoms with Crippen LogP contribution >= 0.6 is 0 Å². The summed E-state index contributed by atoms with van der Waals surface area (Å²) in [6, 6.07) is 12.2. The Kier molecular flexibility index (Phi) is 3.00. The summed E-state index contributed by atoms with van der Waals surface area (Å²) in [6.45, 7) is 2.01.